The number of nitrogens with one attached hydrogen (secondary N) is 1. The van der Waals surface area contributed by atoms with E-state index >= 15 is 0 Å². The van der Waals surface area contributed by atoms with Gasteiger partial charge in [0.15, 0.2) is 5.96 Å². The van der Waals surface area contributed by atoms with Gasteiger partial charge < -0.3 is 19.7 Å². The predicted octanol–water partition coefficient (Wildman–Crippen LogP) is 2.79. The zero-order valence-electron chi connectivity index (χ0n) is 16.2. The third-order valence-corrected chi connectivity index (χ3v) is 4.86. The molecule has 26 heavy (non-hydrogen) atoms. The number of esters is 1. The molecule has 144 valence electrons. The normalized spacial score (nSPS) is 17.3. The fourth-order valence-corrected chi connectivity index (χ4v) is 3.31. The first-order valence-electron chi connectivity index (χ1n) is 9.34. The summed E-state index contributed by atoms with van der Waals surface area (Å²) < 4.78 is 9.89. The number of hydrogen-bond acceptors (Lipinski definition) is 4. The number of guanidine groups is 1. The van der Waals surface area contributed by atoms with Crippen molar-refractivity contribution in [2.75, 3.05) is 40.9 Å². The summed E-state index contributed by atoms with van der Waals surface area (Å²) in [7, 11) is 4.96. The van der Waals surface area contributed by atoms with E-state index in [1.807, 2.05) is 19.2 Å². The molecule has 0 amide bonds. The molecular formula is C20H31N3O3. The van der Waals surface area contributed by atoms with Crippen LogP contribution in [0.15, 0.2) is 29.3 Å². The summed E-state index contributed by atoms with van der Waals surface area (Å²) in [4.78, 5) is 17.8. The van der Waals surface area contributed by atoms with E-state index in [0.29, 0.717) is 12.3 Å². The largest absolute Gasteiger partial charge is 0.497 e. The SMILES string of the molecule is CN=C(NCCCCCC(=O)OC)N1CCC(c2ccc(OC)cc2)C1. The van der Waals surface area contributed by atoms with Gasteiger partial charge in [-0.15, -0.1) is 0 Å². The van der Waals surface area contributed by atoms with Crippen LogP contribution in [0.5, 0.6) is 5.75 Å². The lowest BCUT2D eigenvalue weighted by molar-refractivity contribution is -0.140. The molecular weight excluding hydrogens is 330 g/mol. The Morgan fingerprint density at radius 1 is 1.23 bits per heavy atom. The zero-order valence-corrected chi connectivity index (χ0v) is 16.2. The minimum atomic E-state index is -0.129. The number of ether oxygens (including phenoxy) is 2. The number of rotatable bonds is 8. The summed E-state index contributed by atoms with van der Waals surface area (Å²) in [6.45, 7) is 2.87. The van der Waals surface area contributed by atoms with E-state index < -0.39 is 0 Å². The van der Waals surface area contributed by atoms with Crippen molar-refractivity contribution in [1.82, 2.24) is 10.2 Å². The highest BCUT2D eigenvalue weighted by molar-refractivity contribution is 5.80. The molecule has 0 aromatic heterocycles. The van der Waals surface area contributed by atoms with Gasteiger partial charge in [0, 0.05) is 39.0 Å². The van der Waals surface area contributed by atoms with Crippen molar-refractivity contribution in [3.8, 4) is 5.75 Å². The third kappa shape index (κ3) is 5.93. The fraction of sp³-hybridized carbons (Fsp3) is 0.600. The van der Waals surface area contributed by atoms with E-state index in [4.69, 9.17) is 4.74 Å². The fourth-order valence-electron chi connectivity index (χ4n) is 3.31. The smallest absolute Gasteiger partial charge is 0.305 e. The van der Waals surface area contributed by atoms with E-state index in [1.54, 1.807) is 7.11 Å². The number of carbonyl (C=O) groups excluding carboxylic acids is 1. The standard InChI is InChI=1S/C20H31N3O3/c1-21-20(22-13-6-4-5-7-19(24)26-3)23-14-12-17(15-23)16-8-10-18(25-2)11-9-16/h8-11,17H,4-7,12-15H2,1-3H3,(H,21,22). The number of likely N-dealkylation sites (tertiary alicyclic amines) is 1. The van der Waals surface area contributed by atoms with Crippen LogP contribution in [0.2, 0.25) is 0 Å². The van der Waals surface area contributed by atoms with Crippen LogP contribution in [0.25, 0.3) is 0 Å². The average molecular weight is 361 g/mol. The molecule has 1 N–H and O–H groups in total. The zero-order chi connectivity index (χ0) is 18.8. The minimum Gasteiger partial charge on any atom is -0.497 e. The molecule has 1 heterocycles. The molecule has 6 nitrogen and oxygen atoms in total. The molecule has 1 atom stereocenters. The van der Waals surface area contributed by atoms with Crippen LogP contribution in [0.1, 0.15) is 43.6 Å². The van der Waals surface area contributed by atoms with Gasteiger partial charge in [-0.05, 0) is 37.0 Å². The van der Waals surface area contributed by atoms with Crippen LogP contribution >= 0.6 is 0 Å². The van der Waals surface area contributed by atoms with Gasteiger partial charge in [-0.25, -0.2) is 0 Å². The first kappa shape index (κ1) is 20.1. The van der Waals surface area contributed by atoms with Crippen molar-refractivity contribution in [3.63, 3.8) is 0 Å². The maximum absolute atomic E-state index is 11.1. The molecule has 0 saturated carbocycles. The monoisotopic (exact) mass is 361 g/mol. The maximum Gasteiger partial charge on any atom is 0.305 e. The molecule has 1 aromatic rings. The molecule has 1 fully saturated rings. The van der Waals surface area contributed by atoms with Crippen molar-refractivity contribution < 1.29 is 14.3 Å². The first-order valence-corrected chi connectivity index (χ1v) is 9.34. The van der Waals surface area contributed by atoms with E-state index in [1.165, 1.54) is 12.7 Å². The topological polar surface area (TPSA) is 63.2 Å². The second-order valence-electron chi connectivity index (χ2n) is 6.57. The number of hydrogen-bond donors (Lipinski definition) is 1. The Bertz CT molecular complexity index is 586. The van der Waals surface area contributed by atoms with Gasteiger partial charge in [0.2, 0.25) is 0 Å². The lowest BCUT2D eigenvalue weighted by atomic mass is 9.98. The van der Waals surface area contributed by atoms with E-state index in [0.717, 1.165) is 57.0 Å². The van der Waals surface area contributed by atoms with Crippen molar-refractivity contribution in [1.29, 1.82) is 0 Å². The van der Waals surface area contributed by atoms with E-state index in [2.05, 4.69) is 32.1 Å². The number of carbonyl (C=O) groups is 1. The Labute approximate surface area is 156 Å². The van der Waals surface area contributed by atoms with Crippen molar-refractivity contribution in [2.45, 2.75) is 38.0 Å². The van der Waals surface area contributed by atoms with Gasteiger partial charge >= 0.3 is 5.97 Å². The Hall–Kier alpha value is -2.24. The summed E-state index contributed by atoms with van der Waals surface area (Å²) in [5.74, 6) is 2.26. The van der Waals surface area contributed by atoms with Gasteiger partial charge in [0.25, 0.3) is 0 Å². The number of benzene rings is 1. The van der Waals surface area contributed by atoms with Crippen LogP contribution < -0.4 is 10.1 Å². The Kier molecular flexibility index (Phi) is 8.25. The Morgan fingerprint density at radius 3 is 2.65 bits per heavy atom. The molecule has 2 rings (SSSR count). The molecule has 1 aliphatic heterocycles. The van der Waals surface area contributed by atoms with Gasteiger partial charge in [-0.2, -0.15) is 0 Å². The van der Waals surface area contributed by atoms with Gasteiger partial charge in [-0.3, -0.25) is 9.79 Å². The predicted molar refractivity (Wildman–Crippen MR) is 104 cm³/mol. The Balaban J connectivity index is 1.72. The molecule has 1 aromatic carbocycles. The maximum atomic E-state index is 11.1. The summed E-state index contributed by atoms with van der Waals surface area (Å²) in [5, 5.41) is 3.44. The Morgan fingerprint density at radius 2 is 2.00 bits per heavy atom. The van der Waals surface area contributed by atoms with Gasteiger partial charge in [0.05, 0.1) is 14.2 Å². The molecule has 1 unspecified atom stereocenters. The number of aliphatic imine (C=N–C) groups is 1. The number of unbranched alkanes of at least 4 members (excludes halogenated alkanes) is 2. The number of nitrogens with zero attached hydrogens (tertiary/aromatic N) is 2. The third-order valence-electron chi connectivity index (χ3n) is 4.86. The molecule has 1 saturated heterocycles. The quantitative estimate of drug-likeness (QED) is 0.334. The number of methoxy groups -OCH3 is 2. The lowest BCUT2D eigenvalue weighted by Gasteiger charge is -2.22. The van der Waals surface area contributed by atoms with Gasteiger partial charge in [0.1, 0.15) is 5.75 Å². The van der Waals surface area contributed by atoms with Crippen LogP contribution in [0, 0.1) is 0 Å². The lowest BCUT2D eigenvalue weighted by Crippen LogP contribution is -2.40. The molecule has 0 radical (unpaired) electrons. The van der Waals surface area contributed by atoms with Gasteiger partial charge in [-0.1, -0.05) is 18.6 Å². The highest BCUT2D eigenvalue weighted by Gasteiger charge is 2.25. The van der Waals surface area contributed by atoms with Crippen molar-refractivity contribution in [3.05, 3.63) is 29.8 Å². The summed E-state index contributed by atoms with van der Waals surface area (Å²) in [5.41, 5.74) is 1.35. The van der Waals surface area contributed by atoms with Crippen LogP contribution in [0.4, 0.5) is 0 Å². The second kappa shape index (κ2) is 10.7. The minimum absolute atomic E-state index is 0.129. The summed E-state index contributed by atoms with van der Waals surface area (Å²) >= 11 is 0. The van der Waals surface area contributed by atoms with Crippen molar-refractivity contribution in [2.24, 2.45) is 4.99 Å². The second-order valence-corrected chi connectivity index (χ2v) is 6.57. The molecule has 0 aliphatic carbocycles. The van der Waals surface area contributed by atoms with E-state index in [-0.39, 0.29) is 5.97 Å². The first-order chi connectivity index (χ1) is 12.7. The van der Waals surface area contributed by atoms with Crippen LogP contribution in [-0.2, 0) is 9.53 Å². The van der Waals surface area contributed by atoms with Crippen LogP contribution in [-0.4, -0.2) is 57.7 Å². The molecule has 1 aliphatic rings. The van der Waals surface area contributed by atoms with E-state index in [9.17, 15) is 4.79 Å². The van der Waals surface area contributed by atoms with Crippen molar-refractivity contribution >= 4 is 11.9 Å². The highest BCUT2D eigenvalue weighted by atomic mass is 16.5. The highest BCUT2D eigenvalue weighted by Crippen LogP contribution is 2.28. The molecule has 6 heteroatoms. The molecule has 0 bridgehead atoms. The summed E-state index contributed by atoms with van der Waals surface area (Å²) in [6, 6.07) is 8.37. The summed E-state index contributed by atoms with van der Waals surface area (Å²) in [6.07, 6.45) is 4.53. The average Bonchev–Trinajstić information content (AvgIpc) is 3.17. The van der Waals surface area contributed by atoms with Crippen LogP contribution in [0.3, 0.4) is 0 Å². The molecule has 0 spiro atoms.